The average Bonchev–Trinajstić information content (AvgIpc) is 3.71. The number of para-hydroxylation sites is 3. The molecule has 10 rings (SSSR count). The lowest BCUT2D eigenvalue weighted by Crippen LogP contribution is -2.16. The third-order valence-electron chi connectivity index (χ3n) is 11.1. The van der Waals surface area contributed by atoms with Crippen molar-refractivity contribution in [2.45, 2.75) is 19.3 Å². The molecule has 1 aliphatic rings. The Morgan fingerprint density at radius 1 is 0.396 bits per heavy atom. The molecule has 53 heavy (non-hydrogen) atoms. The minimum absolute atomic E-state index is 0.141. The molecule has 0 atom stereocenters. The van der Waals surface area contributed by atoms with Gasteiger partial charge in [-0.1, -0.05) is 166 Å². The summed E-state index contributed by atoms with van der Waals surface area (Å²) in [5.74, 6) is 0. The van der Waals surface area contributed by atoms with Crippen LogP contribution in [-0.4, -0.2) is 0 Å². The topological polar surface area (TPSA) is 16.4 Å². The minimum Gasteiger partial charge on any atom is -0.456 e. The summed E-state index contributed by atoms with van der Waals surface area (Å²) in [4.78, 5) is 2.51. The molecule has 0 aliphatic heterocycles. The van der Waals surface area contributed by atoms with Gasteiger partial charge in [-0.2, -0.15) is 0 Å². The second kappa shape index (κ2) is 12.3. The Labute approximate surface area is 310 Å². The molecule has 0 unspecified atom stereocenters. The van der Waals surface area contributed by atoms with Crippen LogP contribution in [-0.2, 0) is 5.41 Å². The van der Waals surface area contributed by atoms with E-state index in [2.05, 4.69) is 201 Å². The standard InChI is InChI=1S/C51H37NO/c1-51(2)42-26-10-6-23-40(42)50-43(51)27-16-30-46(50)52(44-28-11-7-21-37(44)36-20-14-19-35(33-36)34-17-4-3-5-18-34)45-29-12-8-22-38(45)39-25-15-32-48-49(39)41-24-9-13-31-47(41)53-48/h3-33H,1-2H3. The molecule has 0 spiro atoms. The van der Waals surface area contributed by atoms with Gasteiger partial charge in [0.25, 0.3) is 0 Å². The molecule has 1 aromatic heterocycles. The molecular formula is C51H37NO. The van der Waals surface area contributed by atoms with E-state index in [1.54, 1.807) is 0 Å². The molecule has 0 saturated heterocycles. The molecule has 1 heterocycles. The number of hydrogen-bond acceptors (Lipinski definition) is 2. The Kier molecular flexibility index (Phi) is 7.19. The van der Waals surface area contributed by atoms with Gasteiger partial charge in [0.1, 0.15) is 11.2 Å². The first-order chi connectivity index (χ1) is 26.1. The number of furan rings is 1. The average molecular weight is 680 g/mol. The van der Waals surface area contributed by atoms with Crippen LogP contribution in [0.25, 0.3) is 66.4 Å². The zero-order valence-electron chi connectivity index (χ0n) is 29.8. The number of anilines is 3. The summed E-state index contributed by atoms with van der Waals surface area (Å²) >= 11 is 0. The lowest BCUT2D eigenvalue weighted by atomic mass is 9.82. The Hall–Kier alpha value is -6.64. The molecule has 252 valence electrons. The van der Waals surface area contributed by atoms with Crippen molar-refractivity contribution in [2.75, 3.05) is 4.90 Å². The third-order valence-corrected chi connectivity index (χ3v) is 11.1. The van der Waals surface area contributed by atoms with Crippen LogP contribution in [0.5, 0.6) is 0 Å². The first-order valence-electron chi connectivity index (χ1n) is 18.4. The number of hydrogen-bond donors (Lipinski definition) is 0. The number of benzene rings is 8. The van der Waals surface area contributed by atoms with Gasteiger partial charge in [-0.15, -0.1) is 0 Å². The lowest BCUT2D eigenvalue weighted by molar-refractivity contribution is 0.660. The largest absolute Gasteiger partial charge is 0.456 e. The van der Waals surface area contributed by atoms with Gasteiger partial charge in [-0.05, 0) is 75.3 Å². The lowest BCUT2D eigenvalue weighted by Gasteiger charge is -2.32. The first kappa shape index (κ1) is 31.1. The van der Waals surface area contributed by atoms with Crippen LogP contribution in [0.4, 0.5) is 17.1 Å². The van der Waals surface area contributed by atoms with E-state index < -0.39 is 0 Å². The summed E-state index contributed by atoms with van der Waals surface area (Å²) in [5, 5.41) is 2.25. The minimum atomic E-state index is -0.141. The molecule has 0 saturated carbocycles. The summed E-state index contributed by atoms with van der Waals surface area (Å²) in [6.45, 7) is 4.71. The molecule has 0 amide bonds. The SMILES string of the molecule is CC1(C)c2ccccc2-c2c(N(c3ccccc3-c3cccc(-c4ccccc4)c3)c3ccccc3-c3cccc4oc5ccccc5c34)cccc21. The van der Waals surface area contributed by atoms with E-state index in [0.717, 1.165) is 55.7 Å². The maximum atomic E-state index is 6.42. The molecular weight excluding hydrogens is 643 g/mol. The number of rotatable bonds is 6. The number of fused-ring (bicyclic) bond motifs is 6. The van der Waals surface area contributed by atoms with Crippen molar-refractivity contribution in [1.29, 1.82) is 0 Å². The van der Waals surface area contributed by atoms with Gasteiger partial charge in [-0.25, -0.2) is 0 Å². The Balaban J connectivity index is 1.28. The Morgan fingerprint density at radius 3 is 1.79 bits per heavy atom. The second-order valence-electron chi connectivity index (χ2n) is 14.5. The normalized spacial score (nSPS) is 12.9. The van der Waals surface area contributed by atoms with E-state index in [9.17, 15) is 0 Å². The van der Waals surface area contributed by atoms with E-state index in [-0.39, 0.29) is 5.41 Å². The fourth-order valence-corrected chi connectivity index (χ4v) is 8.62. The van der Waals surface area contributed by atoms with Crippen molar-refractivity contribution in [3.05, 3.63) is 199 Å². The van der Waals surface area contributed by atoms with Crippen LogP contribution in [0.15, 0.2) is 192 Å². The van der Waals surface area contributed by atoms with Gasteiger partial charge >= 0.3 is 0 Å². The van der Waals surface area contributed by atoms with Crippen LogP contribution in [0.3, 0.4) is 0 Å². The number of nitrogens with zero attached hydrogens (tertiary/aromatic N) is 1. The van der Waals surface area contributed by atoms with E-state index in [4.69, 9.17) is 4.42 Å². The summed E-state index contributed by atoms with van der Waals surface area (Å²) in [7, 11) is 0. The highest BCUT2D eigenvalue weighted by atomic mass is 16.3. The van der Waals surface area contributed by atoms with Gasteiger partial charge in [0.2, 0.25) is 0 Å². The van der Waals surface area contributed by atoms with E-state index >= 15 is 0 Å². The summed E-state index contributed by atoms with van der Waals surface area (Å²) in [5.41, 5.74) is 17.3. The van der Waals surface area contributed by atoms with Crippen molar-refractivity contribution in [3.63, 3.8) is 0 Å². The van der Waals surface area contributed by atoms with E-state index in [1.807, 2.05) is 6.07 Å². The van der Waals surface area contributed by atoms with Crippen LogP contribution >= 0.6 is 0 Å². The summed E-state index contributed by atoms with van der Waals surface area (Å²) < 4.78 is 6.42. The van der Waals surface area contributed by atoms with Crippen molar-refractivity contribution in [1.82, 2.24) is 0 Å². The van der Waals surface area contributed by atoms with Crippen LogP contribution in [0.2, 0.25) is 0 Å². The first-order valence-corrected chi connectivity index (χ1v) is 18.4. The maximum Gasteiger partial charge on any atom is 0.136 e. The van der Waals surface area contributed by atoms with Crippen LogP contribution in [0, 0.1) is 0 Å². The van der Waals surface area contributed by atoms with Gasteiger partial charge in [0, 0.05) is 32.9 Å². The quantitative estimate of drug-likeness (QED) is 0.174. The predicted molar refractivity (Wildman–Crippen MR) is 222 cm³/mol. The fourth-order valence-electron chi connectivity index (χ4n) is 8.62. The highest BCUT2D eigenvalue weighted by Gasteiger charge is 2.38. The monoisotopic (exact) mass is 679 g/mol. The van der Waals surface area contributed by atoms with Crippen molar-refractivity contribution >= 4 is 39.0 Å². The molecule has 1 aliphatic carbocycles. The molecule has 9 aromatic rings. The van der Waals surface area contributed by atoms with Gasteiger partial charge in [0.15, 0.2) is 0 Å². The summed E-state index contributed by atoms with van der Waals surface area (Å²) in [6.07, 6.45) is 0. The molecule has 0 radical (unpaired) electrons. The maximum absolute atomic E-state index is 6.42. The summed E-state index contributed by atoms with van der Waals surface area (Å²) in [6, 6.07) is 67.9. The van der Waals surface area contributed by atoms with Crippen molar-refractivity contribution < 1.29 is 4.42 Å². The van der Waals surface area contributed by atoms with Crippen molar-refractivity contribution in [3.8, 4) is 44.5 Å². The van der Waals surface area contributed by atoms with Crippen molar-refractivity contribution in [2.24, 2.45) is 0 Å². The third kappa shape index (κ3) is 4.94. The fraction of sp³-hybridized carbons (Fsp3) is 0.0588. The molecule has 0 fully saturated rings. The zero-order valence-corrected chi connectivity index (χ0v) is 29.8. The molecule has 2 nitrogen and oxygen atoms in total. The van der Waals surface area contributed by atoms with Crippen LogP contribution < -0.4 is 4.90 Å². The van der Waals surface area contributed by atoms with Gasteiger partial charge < -0.3 is 9.32 Å². The Morgan fingerprint density at radius 2 is 0.943 bits per heavy atom. The van der Waals surface area contributed by atoms with Gasteiger partial charge in [-0.3, -0.25) is 0 Å². The molecule has 8 aromatic carbocycles. The smallest absolute Gasteiger partial charge is 0.136 e. The van der Waals surface area contributed by atoms with Crippen LogP contribution in [0.1, 0.15) is 25.0 Å². The molecule has 0 bridgehead atoms. The second-order valence-corrected chi connectivity index (χ2v) is 14.5. The highest BCUT2D eigenvalue weighted by Crippen LogP contribution is 2.56. The zero-order chi connectivity index (χ0) is 35.5. The molecule has 0 N–H and O–H groups in total. The van der Waals surface area contributed by atoms with E-state index in [0.29, 0.717) is 0 Å². The highest BCUT2D eigenvalue weighted by molar-refractivity contribution is 6.14. The predicted octanol–water partition coefficient (Wildman–Crippen LogP) is 14.4. The Bertz CT molecular complexity index is 2820. The van der Waals surface area contributed by atoms with E-state index in [1.165, 1.54) is 38.9 Å². The molecule has 2 heteroatoms. The van der Waals surface area contributed by atoms with Gasteiger partial charge in [0.05, 0.1) is 17.1 Å².